The van der Waals surface area contributed by atoms with Crippen molar-refractivity contribution in [2.24, 2.45) is 0 Å². The lowest BCUT2D eigenvalue weighted by atomic mass is 10.1. The smallest absolute Gasteiger partial charge is 0.145 e. The molecular formula is C8H11NO2. The molecule has 0 spiro atoms. The number of aliphatic hydroxyl groups excluding tert-OH is 1. The summed E-state index contributed by atoms with van der Waals surface area (Å²) in [4.78, 5) is 0. The van der Waals surface area contributed by atoms with Crippen molar-refractivity contribution in [3.63, 3.8) is 0 Å². The maximum atomic E-state index is 9.03. The van der Waals surface area contributed by atoms with Crippen LogP contribution in [0.5, 0.6) is 0 Å². The van der Waals surface area contributed by atoms with Crippen molar-refractivity contribution in [2.45, 2.75) is 25.2 Å². The molecule has 0 saturated heterocycles. The second-order valence-corrected chi connectivity index (χ2v) is 3.27. The average Bonchev–Trinajstić information content (AvgIpc) is 2.70. The molecule has 0 aromatic carbocycles. The number of aromatic nitrogens is 1. The lowest BCUT2D eigenvalue weighted by molar-refractivity contribution is 0.225. The molecule has 0 aliphatic heterocycles. The molecule has 1 aromatic rings. The number of hydrogen-bond acceptors (Lipinski definition) is 3. The fraction of sp³-hybridized carbons (Fsp3) is 0.625. The van der Waals surface area contributed by atoms with Gasteiger partial charge in [0.2, 0.25) is 0 Å². The number of hydrogen-bond donors (Lipinski definition) is 1. The van der Waals surface area contributed by atoms with Crippen LogP contribution < -0.4 is 0 Å². The second kappa shape index (κ2) is 2.08. The van der Waals surface area contributed by atoms with Gasteiger partial charge < -0.3 is 9.63 Å². The summed E-state index contributed by atoms with van der Waals surface area (Å²) in [5, 5.41) is 12.8. The Morgan fingerprint density at radius 3 is 2.82 bits per heavy atom. The molecule has 60 valence electrons. The van der Waals surface area contributed by atoms with Gasteiger partial charge in [0.05, 0.1) is 17.7 Å². The lowest BCUT2D eigenvalue weighted by Gasteiger charge is -2.03. The van der Waals surface area contributed by atoms with E-state index in [1.165, 1.54) is 0 Å². The Balaban J connectivity index is 2.29. The highest BCUT2D eigenvalue weighted by atomic mass is 16.5. The van der Waals surface area contributed by atoms with Crippen LogP contribution in [0.2, 0.25) is 0 Å². The summed E-state index contributed by atoms with van der Waals surface area (Å²) in [6.45, 7) is 2.07. The van der Waals surface area contributed by atoms with Gasteiger partial charge in [-0.3, -0.25) is 0 Å². The van der Waals surface area contributed by atoms with Crippen molar-refractivity contribution in [1.82, 2.24) is 5.16 Å². The van der Waals surface area contributed by atoms with Crippen LogP contribution >= 0.6 is 0 Å². The minimum atomic E-state index is -0.0682. The molecule has 0 unspecified atom stereocenters. The van der Waals surface area contributed by atoms with Crippen LogP contribution in [-0.2, 0) is 5.41 Å². The molecule has 1 aliphatic carbocycles. The summed E-state index contributed by atoms with van der Waals surface area (Å²) in [5.74, 6) is 0.845. The first-order valence-corrected chi connectivity index (χ1v) is 3.81. The quantitative estimate of drug-likeness (QED) is 0.689. The zero-order valence-electron chi connectivity index (χ0n) is 6.50. The Hall–Kier alpha value is -0.830. The molecule has 0 amide bonds. The molecule has 1 heterocycles. The van der Waals surface area contributed by atoms with Crippen LogP contribution in [0.15, 0.2) is 10.6 Å². The fourth-order valence-corrected chi connectivity index (χ4v) is 1.25. The molecule has 11 heavy (non-hydrogen) atoms. The van der Waals surface area contributed by atoms with Gasteiger partial charge in [-0.1, -0.05) is 5.16 Å². The van der Waals surface area contributed by atoms with Gasteiger partial charge in [-0.25, -0.2) is 0 Å². The molecule has 1 fully saturated rings. The van der Waals surface area contributed by atoms with E-state index in [4.69, 9.17) is 9.63 Å². The van der Waals surface area contributed by atoms with Crippen LogP contribution in [-0.4, -0.2) is 16.9 Å². The van der Waals surface area contributed by atoms with Crippen molar-refractivity contribution in [2.75, 3.05) is 6.61 Å². The van der Waals surface area contributed by atoms with E-state index >= 15 is 0 Å². The van der Waals surface area contributed by atoms with E-state index in [1.807, 2.05) is 13.0 Å². The highest BCUT2D eigenvalue weighted by molar-refractivity contribution is 5.22. The fourth-order valence-electron chi connectivity index (χ4n) is 1.25. The number of aryl methyl sites for hydroxylation is 1. The second-order valence-electron chi connectivity index (χ2n) is 3.27. The van der Waals surface area contributed by atoms with Gasteiger partial charge in [-0.05, 0) is 19.8 Å². The molecule has 1 aliphatic rings. The number of rotatable bonds is 2. The Bertz CT molecular complexity index is 263. The monoisotopic (exact) mass is 153 g/mol. The predicted octanol–water partition coefficient (Wildman–Crippen LogP) is 1.01. The van der Waals surface area contributed by atoms with Crippen molar-refractivity contribution in [3.8, 4) is 0 Å². The van der Waals surface area contributed by atoms with Crippen molar-refractivity contribution in [3.05, 3.63) is 17.5 Å². The van der Waals surface area contributed by atoms with Crippen LogP contribution in [0, 0.1) is 6.92 Å². The van der Waals surface area contributed by atoms with E-state index in [1.54, 1.807) is 0 Å². The predicted molar refractivity (Wildman–Crippen MR) is 39.2 cm³/mol. The maximum absolute atomic E-state index is 9.03. The first kappa shape index (κ1) is 6.85. The maximum Gasteiger partial charge on any atom is 0.145 e. The van der Waals surface area contributed by atoms with Gasteiger partial charge in [0.15, 0.2) is 0 Å². The summed E-state index contributed by atoms with van der Waals surface area (Å²) in [7, 11) is 0. The summed E-state index contributed by atoms with van der Waals surface area (Å²) >= 11 is 0. The molecule has 1 saturated carbocycles. The van der Waals surface area contributed by atoms with E-state index in [9.17, 15) is 0 Å². The highest BCUT2D eigenvalue weighted by Gasteiger charge is 2.47. The summed E-state index contributed by atoms with van der Waals surface area (Å²) < 4.78 is 5.07. The molecule has 0 bridgehead atoms. The van der Waals surface area contributed by atoms with Crippen LogP contribution in [0.3, 0.4) is 0 Å². The molecule has 3 heteroatoms. The number of aliphatic hydroxyl groups is 1. The average molecular weight is 153 g/mol. The Morgan fingerprint density at radius 2 is 2.45 bits per heavy atom. The van der Waals surface area contributed by atoms with Crippen LogP contribution in [0.25, 0.3) is 0 Å². The standard InChI is InChI=1S/C8H11NO2/c1-6-4-7(11-9-6)8(5-10)2-3-8/h4,10H,2-3,5H2,1H3. The Kier molecular flexibility index (Phi) is 1.29. The Morgan fingerprint density at radius 1 is 1.73 bits per heavy atom. The van der Waals surface area contributed by atoms with Crippen molar-refractivity contribution >= 4 is 0 Å². The summed E-state index contributed by atoms with van der Waals surface area (Å²) in [6.07, 6.45) is 2.05. The van der Waals surface area contributed by atoms with Gasteiger partial charge in [0.25, 0.3) is 0 Å². The first-order chi connectivity index (χ1) is 5.27. The zero-order chi connectivity index (χ0) is 7.90. The highest BCUT2D eigenvalue weighted by Crippen LogP contribution is 2.47. The first-order valence-electron chi connectivity index (χ1n) is 3.81. The van der Waals surface area contributed by atoms with Gasteiger partial charge >= 0.3 is 0 Å². The molecule has 3 nitrogen and oxygen atoms in total. The third kappa shape index (κ3) is 0.959. The summed E-state index contributed by atoms with van der Waals surface area (Å²) in [5.41, 5.74) is 0.820. The summed E-state index contributed by atoms with van der Waals surface area (Å²) in [6, 6.07) is 1.91. The van der Waals surface area contributed by atoms with Gasteiger partial charge in [-0.15, -0.1) is 0 Å². The Labute approximate surface area is 65.0 Å². The molecule has 2 rings (SSSR count). The lowest BCUT2D eigenvalue weighted by Crippen LogP contribution is -2.10. The van der Waals surface area contributed by atoms with Gasteiger partial charge in [0.1, 0.15) is 5.76 Å². The normalized spacial score (nSPS) is 20.2. The van der Waals surface area contributed by atoms with Gasteiger partial charge in [-0.2, -0.15) is 0 Å². The van der Waals surface area contributed by atoms with Crippen LogP contribution in [0.1, 0.15) is 24.3 Å². The van der Waals surface area contributed by atoms with Crippen molar-refractivity contribution in [1.29, 1.82) is 0 Å². The van der Waals surface area contributed by atoms with E-state index in [0.717, 1.165) is 24.3 Å². The molecular weight excluding hydrogens is 142 g/mol. The minimum absolute atomic E-state index is 0.0682. The van der Waals surface area contributed by atoms with E-state index in [0.29, 0.717) is 0 Å². The SMILES string of the molecule is Cc1cc(C2(CO)CC2)on1. The molecule has 0 atom stereocenters. The van der Waals surface area contributed by atoms with Crippen LogP contribution in [0.4, 0.5) is 0 Å². The topological polar surface area (TPSA) is 46.3 Å². The van der Waals surface area contributed by atoms with Crippen molar-refractivity contribution < 1.29 is 9.63 Å². The molecule has 1 N–H and O–H groups in total. The molecule has 1 aromatic heterocycles. The molecule has 0 radical (unpaired) electrons. The largest absolute Gasteiger partial charge is 0.395 e. The van der Waals surface area contributed by atoms with E-state index in [-0.39, 0.29) is 12.0 Å². The van der Waals surface area contributed by atoms with E-state index < -0.39 is 0 Å². The number of nitrogens with zero attached hydrogens (tertiary/aromatic N) is 1. The van der Waals surface area contributed by atoms with Gasteiger partial charge in [0, 0.05) is 6.07 Å². The third-order valence-corrected chi connectivity index (χ3v) is 2.31. The zero-order valence-corrected chi connectivity index (χ0v) is 6.50. The third-order valence-electron chi connectivity index (χ3n) is 2.31. The van der Waals surface area contributed by atoms with E-state index in [2.05, 4.69) is 5.16 Å². The minimum Gasteiger partial charge on any atom is -0.395 e.